The second-order valence-electron chi connectivity index (χ2n) is 7.07. The van der Waals surface area contributed by atoms with E-state index in [0.29, 0.717) is 34.7 Å². The summed E-state index contributed by atoms with van der Waals surface area (Å²) in [5.41, 5.74) is 1.78. The molecule has 0 saturated carbocycles. The molecule has 0 bridgehead atoms. The van der Waals surface area contributed by atoms with Crippen molar-refractivity contribution < 1.29 is 18.3 Å². The van der Waals surface area contributed by atoms with E-state index in [-0.39, 0.29) is 17.3 Å². The predicted molar refractivity (Wildman–Crippen MR) is 117 cm³/mol. The number of nitrogens with zero attached hydrogens (tertiary/aromatic N) is 1. The van der Waals surface area contributed by atoms with Crippen LogP contribution in [0, 0.1) is 5.82 Å². The number of rotatable bonds is 9. The van der Waals surface area contributed by atoms with E-state index < -0.39 is 6.86 Å². The van der Waals surface area contributed by atoms with E-state index in [0.717, 1.165) is 19.3 Å². The topological polar surface area (TPSA) is 60.3 Å². The lowest BCUT2D eigenvalue weighted by molar-refractivity contribution is -0.116. The van der Waals surface area contributed by atoms with Crippen LogP contribution in [0.5, 0.6) is 5.75 Å². The molecule has 1 heterocycles. The highest BCUT2D eigenvalue weighted by Gasteiger charge is 2.13. The maximum Gasteiger partial charge on any atom is 0.257 e. The van der Waals surface area contributed by atoms with Gasteiger partial charge in [0.1, 0.15) is 11.6 Å². The third-order valence-electron chi connectivity index (χ3n) is 4.83. The molecule has 0 fully saturated rings. The Morgan fingerprint density at radius 2 is 1.77 bits per heavy atom. The van der Waals surface area contributed by atoms with Crippen molar-refractivity contribution in [1.29, 1.82) is 0 Å². The first-order valence-corrected chi connectivity index (χ1v) is 10.1. The molecule has 7 heteroatoms. The Balaban J connectivity index is 2.00. The standard InChI is InChI=1S/C24H24F2N2O3/c1-2-3-4-5-23(29)27-22-14-24(30)28(19-10-12-20(13-11-19)31-16-25)15-21(22)17-6-8-18(26)9-7-17/h6-15H,2-5,16H2,1H3,(H,27,29). The number of hydrogen-bond donors (Lipinski definition) is 1. The first-order chi connectivity index (χ1) is 15.0. The van der Waals surface area contributed by atoms with Crippen LogP contribution >= 0.6 is 0 Å². The zero-order chi connectivity index (χ0) is 22.2. The molecule has 0 atom stereocenters. The van der Waals surface area contributed by atoms with Gasteiger partial charge in [0, 0.05) is 29.9 Å². The Labute approximate surface area is 179 Å². The van der Waals surface area contributed by atoms with Crippen LogP contribution in [0.1, 0.15) is 32.6 Å². The molecule has 0 radical (unpaired) electrons. The molecular weight excluding hydrogens is 402 g/mol. The molecular formula is C24H24F2N2O3. The average Bonchev–Trinajstić information content (AvgIpc) is 2.76. The highest BCUT2D eigenvalue weighted by molar-refractivity contribution is 5.95. The molecule has 3 aromatic rings. The van der Waals surface area contributed by atoms with Crippen molar-refractivity contribution >= 4 is 11.6 Å². The van der Waals surface area contributed by atoms with E-state index in [4.69, 9.17) is 4.74 Å². The first kappa shape index (κ1) is 22.2. The average molecular weight is 426 g/mol. The molecule has 1 aromatic heterocycles. The van der Waals surface area contributed by atoms with E-state index >= 15 is 0 Å². The van der Waals surface area contributed by atoms with Crippen LogP contribution < -0.4 is 15.6 Å². The summed E-state index contributed by atoms with van der Waals surface area (Å²) in [6.07, 6.45) is 4.66. The number of unbranched alkanes of at least 4 members (excludes halogenated alkanes) is 2. The summed E-state index contributed by atoms with van der Waals surface area (Å²) < 4.78 is 32.0. The number of halogens is 2. The second kappa shape index (κ2) is 10.5. The Morgan fingerprint density at radius 1 is 1.06 bits per heavy atom. The van der Waals surface area contributed by atoms with Crippen LogP contribution in [-0.4, -0.2) is 17.3 Å². The Bertz CT molecular complexity index is 1080. The third-order valence-corrected chi connectivity index (χ3v) is 4.83. The predicted octanol–water partition coefficient (Wildman–Crippen LogP) is 5.47. The summed E-state index contributed by atoms with van der Waals surface area (Å²) in [5.74, 6) is -0.221. The van der Waals surface area contributed by atoms with Gasteiger partial charge in [0.2, 0.25) is 12.8 Å². The van der Waals surface area contributed by atoms with E-state index in [1.807, 2.05) is 0 Å². The van der Waals surface area contributed by atoms with E-state index in [1.54, 1.807) is 42.6 Å². The van der Waals surface area contributed by atoms with Crippen molar-refractivity contribution in [2.45, 2.75) is 32.6 Å². The number of carbonyl (C=O) groups excluding carboxylic acids is 1. The highest BCUT2D eigenvalue weighted by atomic mass is 19.1. The number of amides is 1. The van der Waals surface area contributed by atoms with Crippen molar-refractivity contribution in [1.82, 2.24) is 4.57 Å². The van der Waals surface area contributed by atoms with Gasteiger partial charge >= 0.3 is 0 Å². The SMILES string of the molecule is CCCCCC(=O)Nc1cc(=O)n(-c2ccc(OCF)cc2)cc1-c1ccc(F)cc1. The van der Waals surface area contributed by atoms with Gasteiger partial charge in [-0.25, -0.2) is 8.78 Å². The molecule has 0 unspecified atom stereocenters. The van der Waals surface area contributed by atoms with Crippen LogP contribution in [0.15, 0.2) is 65.6 Å². The fraction of sp³-hybridized carbons (Fsp3) is 0.250. The molecule has 0 aliphatic rings. The molecule has 162 valence electrons. The van der Waals surface area contributed by atoms with Gasteiger partial charge in [-0.05, 0) is 48.4 Å². The van der Waals surface area contributed by atoms with Gasteiger partial charge in [-0.15, -0.1) is 0 Å². The van der Waals surface area contributed by atoms with Gasteiger partial charge in [-0.3, -0.25) is 14.2 Å². The number of aromatic nitrogens is 1. The van der Waals surface area contributed by atoms with Crippen LogP contribution in [0.25, 0.3) is 16.8 Å². The number of ether oxygens (including phenoxy) is 1. The van der Waals surface area contributed by atoms with Crippen molar-refractivity contribution in [3.63, 3.8) is 0 Å². The molecule has 31 heavy (non-hydrogen) atoms. The molecule has 3 rings (SSSR count). The highest BCUT2D eigenvalue weighted by Crippen LogP contribution is 2.28. The minimum atomic E-state index is -0.944. The summed E-state index contributed by atoms with van der Waals surface area (Å²) in [6.45, 7) is 1.11. The van der Waals surface area contributed by atoms with E-state index in [9.17, 15) is 18.4 Å². The maximum atomic E-state index is 13.4. The van der Waals surface area contributed by atoms with Crippen molar-refractivity contribution in [3.8, 4) is 22.6 Å². The third kappa shape index (κ3) is 5.78. The molecule has 0 saturated heterocycles. The van der Waals surface area contributed by atoms with E-state index in [1.165, 1.54) is 22.8 Å². The lowest BCUT2D eigenvalue weighted by Crippen LogP contribution is -2.20. The molecule has 0 spiro atoms. The number of nitrogens with one attached hydrogen (secondary N) is 1. The molecule has 0 aliphatic carbocycles. The summed E-state index contributed by atoms with van der Waals surface area (Å²) in [6, 6.07) is 13.5. The molecule has 5 nitrogen and oxygen atoms in total. The van der Waals surface area contributed by atoms with Crippen molar-refractivity contribution in [2.75, 3.05) is 12.2 Å². The summed E-state index contributed by atoms with van der Waals surface area (Å²) >= 11 is 0. The number of benzene rings is 2. The zero-order valence-electron chi connectivity index (χ0n) is 17.2. The number of carbonyl (C=O) groups is 1. The molecule has 2 aromatic carbocycles. The molecule has 0 aliphatic heterocycles. The fourth-order valence-corrected chi connectivity index (χ4v) is 3.21. The lowest BCUT2D eigenvalue weighted by Gasteiger charge is -2.15. The minimum Gasteiger partial charge on any atom is -0.463 e. The minimum absolute atomic E-state index is 0.179. The van der Waals surface area contributed by atoms with Gasteiger partial charge in [0.05, 0.1) is 5.69 Å². The normalized spacial score (nSPS) is 10.7. The maximum absolute atomic E-state index is 13.4. The number of pyridine rings is 1. The Hall–Kier alpha value is -3.48. The zero-order valence-corrected chi connectivity index (χ0v) is 17.2. The smallest absolute Gasteiger partial charge is 0.257 e. The largest absolute Gasteiger partial charge is 0.463 e. The summed E-state index contributed by atoms with van der Waals surface area (Å²) in [5, 5.41) is 2.82. The van der Waals surface area contributed by atoms with Gasteiger partial charge < -0.3 is 10.1 Å². The quantitative estimate of drug-likeness (QED) is 0.462. The van der Waals surface area contributed by atoms with Crippen LogP contribution in [-0.2, 0) is 4.79 Å². The van der Waals surface area contributed by atoms with Crippen LogP contribution in [0.4, 0.5) is 14.5 Å². The van der Waals surface area contributed by atoms with Gasteiger partial charge in [-0.1, -0.05) is 31.9 Å². The van der Waals surface area contributed by atoms with Crippen molar-refractivity contribution in [2.24, 2.45) is 0 Å². The Kier molecular flexibility index (Phi) is 7.54. The van der Waals surface area contributed by atoms with Crippen molar-refractivity contribution in [3.05, 3.63) is 77.0 Å². The van der Waals surface area contributed by atoms with Crippen LogP contribution in [0.2, 0.25) is 0 Å². The second-order valence-corrected chi connectivity index (χ2v) is 7.07. The lowest BCUT2D eigenvalue weighted by atomic mass is 10.0. The first-order valence-electron chi connectivity index (χ1n) is 10.1. The summed E-state index contributed by atoms with van der Waals surface area (Å²) in [7, 11) is 0. The van der Waals surface area contributed by atoms with Gasteiger partial charge in [-0.2, -0.15) is 0 Å². The number of anilines is 1. The summed E-state index contributed by atoms with van der Waals surface area (Å²) in [4.78, 5) is 25.2. The Morgan fingerprint density at radius 3 is 2.42 bits per heavy atom. The van der Waals surface area contributed by atoms with Crippen LogP contribution in [0.3, 0.4) is 0 Å². The van der Waals surface area contributed by atoms with E-state index in [2.05, 4.69) is 12.2 Å². The fourth-order valence-electron chi connectivity index (χ4n) is 3.21. The number of alkyl halides is 1. The number of hydrogen-bond acceptors (Lipinski definition) is 3. The molecule has 1 N–H and O–H groups in total. The van der Waals surface area contributed by atoms with Gasteiger partial charge in [0.15, 0.2) is 0 Å². The molecule has 1 amide bonds. The van der Waals surface area contributed by atoms with Gasteiger partial charge in [0.25, 0.3) is 5.56 Å². The monoisotopic (exact) mass is 426 g/mol.